The summed E-state index contributed by atoms with van der Waals surface area (Å²) in [7, 11) is 7.92. The average molecular weight is 1500 g/mol. The van der Waals surface area contributed by atoms with E-state index >= 15 is 0 Å². The van der Waals surface area contributed by atoms with Gasteiger partial charge in [-0.25, -0.2) is 36.9 Å². The highest BCUT2D eigenvalue weighted by molar-refractivity contribution is 6.09. The largest absolute Gasteiger partial charge is 0.496 e. The van der Waals surface area contributed by atoms with E-state index in [1.165, 1.54) is 63.8 Å². The molecule has 2 saturated heterocycles. The van der Waals surface area contributed by atoms with E-state index in [2.05, 4.69) is 53.5 Å². The molecule has 3 N–H and O–H groups in total. The van der Waals surface area contributed by atoms with E-state index in [-0.39, 0.29) is 46.2 Å². The smallest absolute Gasteiger partial charge is 0.354 e. The fraction of sp³-hybridized carbons (Fsp3) is 0.253. The maximum atomic E-state index is 14.6. The molecule has 566 valence electrons. The number of aliphatic imine (C=N–C) groups is 2. The molecular formula is C87H78F4N8O12. The topological polar surface area (TPSA) is 238 Å². The molecule has 17 rings (SSSR count). The molecule has 8 aromatic carbocycles. The fourth-order valence-electron chi connectivity index (χ4n) is 16.2. The lowest BCUT2D eigenvalue weighted by Crippen LogP contribution is -2.27. The predicted molar refractivity (Wildman–Crippen MR) is 416 cm³/mol. The number of carbonyl (C=O) groups is 3. The Balaban J connectivity index is 0.000000132. The van der Waals surface area contributed by atoms with Crippen LogP contribution in [0.2, 0.25) is 0 Å². The molecule has 4 aliphatic heterocycles. The number of fused-ring (bicyclic) bond motifs is 6. The highest BCUT2D eigenvalue weighted by Gasteiger charge is 2.37. The summed E-state index contributed by atoms with van der Waals surface area (Å²) in [5.74, 6) is -4.43. The van der Waals surface area contributed by atoms with Crippen LogP contribution in [0.1, 0.15) is 127 Å². The lowest BCUT2D eigenvalue weighted by molar-refractivity contribution is 0.0681. The van der Waals surface area contributed by atoms with Gasteiger partial charge in [0, 0.05) is 160 Å². The molecule has 0 spiro atoms. The van der Waals surface area contributed by atoms with Gasteiger partial charge < -0.3 is 57.4 Å². The molecule has 4 aliphatic rings. The summed E-state index contributed by atoms with van der Waals surface area (Å²) >= 11 is 0. The number of hydrogen-bond donors (Lipinski definition) is 3. The van der Waals surface area contributed by atoms with Gasteiger partial charge in [0.25, 0.3) is 0 Å². The molecule has 0 amide bonds. The summed E-state index contributed by atoms with van der Waals surface area (Å²) in [6.07, 6.45) is 9.07. The van der Waals surface area contributed by atoms with Gasteiger partial charge in [-0.3, -0.25) is 14.7 Å². The van der Waals surface area contributed by atoms with Crippen molar-refractivity contribution >= 4 is 73.9 Å². The van der Waals surface area contributed by atoms with Crippen molar-refractivity contribution in [3.05, 3.63) is 237 Å². The van der Waals surface area contributed by atoms with Crippen LogP contribution in [0.15, 0.2) is 162 Å². The highest BCUT2D eigenvalue weighted by Crippen LogP contribution is 2.52. The number of carboxylic acids is 3. The summed E-state index contributed by atoms with van der Waals surface area (Å²) in [5, 5.41) is 37.1. The zero-order chi connectivity index (χ0) is 77.8. The molecular weight excluding hydrogens is 1420 g/mol. The van der Waals surface area contributed by atoms with Crippen molar-refractivity contribution in [3.8, 4) is 67.8 Å². The highest BCUT2D eigenvalue weighted by atomic mass is 19.2. The number of aromatic carboxylic acids is 3. The van der Waals surface area contributed by atoms with Crippen LogP contribution in [-0.2, 0) is 39.8 Å². The minimum Gasteiger partial charge on any atom is -0.496 e. The van der Waals surface area contributed by atoms with Crippen molar-refractivity contribution in [3.63, 3.8) is 0 Å². The normalized spacial score (nSPS) is 14.2. The van der Waals surface area contributed by atoms with Gasteiger partial charge in [0.15, 0.2) is 17.3 Å². The first kappa shape index (κ1) is 74.2. The standard InChI is InChI=1S/C30H28F2N2O5.C29H26FN3O4.C28H24FN3O3/c1-30(2,15-37-3)28-26(27-24(38-4)10-16(29(35)36)11-25(27)39-5)20-8-17-13-33-14-18(17)9-23(20)34(28)19-6-7-21(31)22(32)12-19;1-16-11-20(3-5-23(16)30)33-25-13-19-15-31-14-18(19)12-22(25)26(27(33)17-7-9-37-10-8-17)21-4-6-24(29(34)35)32-28(21)36-2;1-31-16-20-14-25-23(15-24(20)30-31)26(17-2-4-19(5-3-17)28(33)34)27(18-10-12-35-13-11-18)32(25)22-8-6-21(29)7-9-22/h6-12,14H,13,15H2,1-5H3,(H,35,36);3-6,11-13,15,17H,7-10,14H2,1-2H3,(H,34,35);2-9,14-16,18H,10-13H2,1H3,(H,33,34). The third-order valence-corrected chi connectivity index (χ3v) is 21.2. The molecule has 9 heterocycles. The number of halogens is 4. The number of methoxy groups -OCH3 is 4. The Bertz CT molecular complexity index is 5920. The number of benzene rings is 8. The Morgan fingerprint density at radius 1 is 0.541 bits per heavy atom. The maximum Gasteiger partial charge on any atom is 0.354 e. The van der Waals surface area contributed by atoms with Gasteiger partial charge in [0.2, 0.25) is 5.88 Å². The molecule has 5 aromatic heterocycles. The number of rotatable bonds is 17. The summed E-state index contributed by atoms with van der Waals surface area (Å²) in [5.41, 5.74) is 17.7. The molecule has 0 unspecified atom stereocenters. The van der Waals surface area contributed by atoms with Crippen molar-refractivity contribution < 1.29 is 75.7 Å². The first-order chi connectivity index (χ1) is 53.6. The summed E-state index contributed by atoms with van der Waals surface area (Å²) < 4.78 is 99.1. The third-order valence-electron chi connectivity index (χ3n) is 21.2. The van der Waals surface area contributed by atoms with Gasteiger partial charge in [-0.2, -0.15) is 5.10 Å². The number of hydrogen-bond acceptors (Lipinski definition) is 13. The average Bonchev–Trinajstić information content (AvgIpc) is 1.57. The molecule has 13 aromatic rings. The fourth-order valence-corrected chi connectivity index (χ4v) is 16.2. The molecule has 0 aliphatic carbocycles. The van der Waals surface area contributed by atoms with Gasteiger partial charge in [-0.1, -0.05) is 26.0 Å². The number of pyridine rings is 1. The zero-order valence-electron chi connectivity index (χ0n) is 62.1. The van der Waals surface area contributed by atoms with E-state index in [0.717, 1.165) is 154 Å². The van der Waals surface area contributed by atoms with Crippen molar-refractivity contribution in [2.24, 2.45) is 17.0 Å². The van der Waals surface area contributed by atoms with Crippen LogP contribution in [0.25, 0.3) is 94.1 Å². The van der Waals surface area contributed by atoms with Crippen LogP contribution in [0.3, 0.4) is 0 Å². The Morgan fingerprint density at radius 2 is 1.08 bits per heavy atom. The minimum absolute atomic E-state index is 0.00351. The van der Waals surface area contributed by atoms with Crippen molar-refractivity contribution in [1.29, 1.82) is 0 Å². The molecule has 24 heteroatoms. The van der Waals surface area contributed by atoms with Crippen LogP contribution < -0.4 is 14.2 Å². The maximum absolute atomic E-state index is 14.6. The Hall–Kier alpha value is -12.3. The van der Waals surface area contributed by atoms with Crippen LogP contribution in [0.4, 0.5) is 17.6 Å². The number of nitrogens with zero attached hydrogens (tertiary/aromatic N) is 8. The first-order valence-corrected chi connectivity index (χ1v) is 36.3. The second kappa shape index (κ2) is 30.3. The summed E-state index contributed by atoms with van der Waals surface area (Å²) in [4.78, 5) is 48.2. The van der Waals surface area contributed by atoms with Gasteiger partial charge in [0.1, 0.15) is 23.1 Å². The molecule has 0 bridgehead atoms. The van der Waals surface area contributed by atoms with Crippen LogP contribution in [0.5, 0.6) is 17.4 Å². The van der Waals surface area contributed by atoms with Gasteiger partial charge >= 0.3 is 17.9 Å². The molecule has 0 atom stereocenters. The zero-order valence-corrected chi connectivity index (χ0v) is 62.1. The third kappa shape index (κ3) is 13.8. The number of ether oxygens (including phenoxy) is 6. The van der Waals surface area contributed by atoms with E-state index in [9.17, 15) is 47.3 Å². The molecule has 20 nitrogen and oxygen atoms in total. The van der Waals surface area contributed by atoms with E-state index < -0.39 is 35.0 Å². The molecule has 111 heavy (non-hydrogen) atoms. The van der Waals surface area contributed by atoms with E-state index in [1.54, 1.807) is 49.2 Å². The van der Waals surface area contributed by atoms with Crippen molar-refractivity contribution in [2.75, 3.05) is 61.5 Å². The Kier molecular flexibility index (Phi) is 20.3. The SMILES string of the molecule is COCC(C)(C)c1c(-c2c(OC)cc(C(=O)O)cc2OC)c2cc3c(cc2n1-c1ccc(F)c(F)c1)C=NC3.COc1nc(C(=O)O)ccc1-c1c(C2CCOCC2)n(-c2ccc(F)c(C)c2)c2cc3c(cc12)CN=C3.Cn1cc2cc3c(cc2n1)c(-c1ccc(C(=O)O)cc1)c(C1CCOCC1)n3-c1ccc(F)cc1. The first-order valence-electron chi connectivity index (χ1n) is 36.3. The number of aryl methyl sites for hydroxylation is 2. The molecule has 0 radical (unpaired) electrons. The molecule has 2 fully saturated rings. The number of aromatic nitrogens is 6. The van der Waals surface area contributed by atoms with Gasteiger partial charge in [0.05, 0.1) is 79.8 Å². The monoisotopic (exact) mass is 1500 g/mol. The Labute approximate surface area is 635 Å². The van der Waals surface area contributed by atoms with E-state index in [4.69, 9.17) is 28.4 Å². The summed E-state index contributed by atoms with van der Waals surface area (Å²) in [6.45, 7) is 9.79. The van der Waals surface area contributed by atoms with E-state index in [1.807, 2.05) is 80.3 Å². The van der Waals surface area contributed by atoms with Crippen LogP contribution >= 0.6 is 0 Å². The number of carboxylic acid groups (broad SMARTS) is 3. The quantitative estimate of drug-likeness (QED) is 0.0719. The molecule has 0 saturated carbocycles. The van der Waals surface area contributed by atoms with Crippen molar-refractivity contribution in [1.82, 2.24) is 28.5 Å². The summed E-state index contributed by atoms with van der Waals surface area (Å²) in [6, 6.07) is 41.3. The van der Waals surface area contributed by atoms with Gasteiger partial charge in [-0.15, -0.1) is 0 Å². The van der Waals surface area contributed by atoms with Crippen LogP contribution in [-0.4, -0.2) is 136 Å². The second-order valence-electron chi connectivity index (χ2n) is 28.7. The Morgan fingerprint density at radius 3 is 1.64 bits per heavy atom. The predicted octanol–water partition coefficient (Wildman–Crippen LogP) is 17.7. The van der Waals surface area contributed by atoms with Crippen LogP contribution in [0, 0.1) is 30.2 Å². The van der Waals surface area contributed by atoms with E-state index in [0.29, 0.717) is 80.0 Å². The van der Waals surface area contributed by atoms with Gasteiger partial charge in [-0.05, 0) is 193 Å². The lowest BCUT2D eigenvalue weighted by Gasteiger charge is -2.29. The minimum atomic E-state index is -1.13. The second-order valence-corrected chi connectivity index (χ2v) is 28.7. The van der Waals surface area contributed by atoms with Crippen molar-refractivity contribution in [2.45, 2.75) is 76.8 Å². The lowest BCUT2D eigenvalue weighted by atomic mass is 9.84.